The Hall–Kier alpha value is -1.57. The first kappa shape index (κ1) is 18.2. The minimum Gasteiger partial charge on any atom is -0.378 e. The zero-order valence-electron chi connectivity index (χ0n) is 14.4. The van der Waals surface area contributed by atoms with Crippen molar-refractivity contribution in [2.75, 3.05) is 20.2 Å². The van der Waals surface area contributed by atoms with Crippen LogP contribution in [0.4, 0.5) is 13.2 Å². The first-order chi connectivity index (χ1) is 11.8. The monoisotopic (exact) mass is 359 g/mol. The lowest BCUT2D eigenvalue weighted by molar-refractivity contribution is -0.141. The van der Waals surface area contributed by atoms with E-state index in [4.69, 9.17) is 4.74 Å². The van der Waals surface area contributed by atoms with E-state index < -0.39 is 11.9 Å². The molecule has 3 heterocycles. The third-order valence-corrected chi connectivity index (χ3v) is 5.01. The highest BCUT2D eigenvalue weighted by atomic mass is 19.4. The molecule has 5 nitrogen and oxygen atoms in total. The number of carbonyl (C=O) groups excluding carboxylic acids is 1. The summed E-state index contributed by atoms with van der Waals surface area (Å²) < 4.78 is 45.5. The molecular formula is C17H24F3N3O2. The van der Waals surface area contributed by atoms with E-state index >= 15 is 0 Å². The average Bonchev–Trinajstić information content (AvgIpc) is 2.99. The lowest BCUT2D eigenvalue weighted by atomic mass is 9.98. The van der Waals surface area contributed by atoms with Crippen molar-refractivity contribution in [1.82, 2.24) is 14.5 Å². The molecule has 1 fully saturated rings. The molecular weight excluding hydrogens is 335 g/mol. The number of imidazole rings is 1. The van der Waals surface area contributed by atoms with Gasteiger partial charge in [-0.25, -0.2) is 4.98 Å². The number of hydrogen-bond donors (Lipinski definition) is 0. The van der Waals surface area contributed by atoms with Gasteiger partial charge in [-0.15, -0.1) is 0 Å². The number of alkyl halides is 3. The van der Waals surface area contributed by atoms with E-state index in [1.165, 1.54) is 0 Å². The van der Waals surface area contributed by atoms with Crippen molar-refractivity contribution < 1.29 is 22.7 Å². The van der Waals surface area contributed by atoms with Gasteiger partial charge in [-0.05, 0) is 31.6 Å². The van der Waals surface area contributed by atoms with E-state index in [1.807, 2.05) is 0 Å². The summed E-state index contributed by atoms with van der Waals surface area (Å²) in [6.45, 7) is 1.73. The molecule has 0 aromatic carbocycles. The first-order valence-corrected chi connectivity index (χ1v) is 8.81. The molecule has 0 spiro atoms. The Balaban J connectivity index is 1.53. The average molecular weight is 359 g/mol. The van der Waals surface area contributed by atoms with Crippen LogP contribution in [-0.4, -0.2) is 46.7 Å². The number of aromatic nitrogens is 2. The summed E-state index contributed by atoms with van der Waals surface area (Å²) in [6, 6.07) is 0. The smallest absolute Gasteiger partial charge is 0.378 e. The predicted octanol–water partition coefficient (Wildman–Crippen LogP) is 2.88. The molecule has 25 heavy (non-hydrogen) atoms. The van der Waals surface area contributed by atoms with Gasteiger partial charge >= 0.3 is 6.18 Å². The summed E-state index contributed by atoms with van der Waals surface area (Å²) in [5.74, 6) is 0.663. The number of amides is 1. The highest BCUT2D eigenvalue weighted by Crippen LogP contribution is 2.30. The van der Waals surface area contributed by atoms with Crippen LogP contribution < -0.4 is 0 Å². The number of aryl methyl sites for hydroxylation is 1. The molecule has 0 unspecified atom stereocenters. The minimum absolute atomic E-state index is 0.00431. The van der Waals surface area contributed by atoms with Crippen molar-refractivity contribution in [3.63, 3.8) is 0 Å². The van der Waals surface area contributed by atoms with E-state index in [0.29, 0.717) is 31.8 Å². The maximum Gasteiger partial charge on any atom is 0.434 e. The van der Waals surface area contributed by atoms with Crippen LogP contribution >= 0.6 is 0 Å². The van der Waals surface area contributed by atoms with Crippen LogP contribution in [0.5, 0.6) is 0 Å². The van der Waals surface area contributed by atoms with Gasteiger partial charge < -0.3 is 14.2 Å². The largest absolute Gasteiger partial charge is 0.434 e. The van der Waals surface area contributed by atoms with Crippen LogP contribution in [0, 0.1) is 5.92 Å². The van der Waals surface area contributed by atoms with Gasteiger partial charge in [0.2, 0.25) is 5.91 Å². The Morgan fingerprint density at radius 3 is 2.88 bits per heavy atom. The molecule has 1 aromatic heterocycles. The summed E-state index contributed by atoms with van der Waals surface area (Å²) >= 11 is 0. The second-order valence-corrected chi connectivity index (χ2v) is 7.06. The summed E-state index contributed by atoms with van der Waals surface area (Å²) in [7, 11) is 1.76. The Morgan fingerprint density at radius 2 is 2.20 bits per heavy atom. The van der Waals surface area contributed by atoms with Crippen LogP contribution in [0.3, 0.4) is 0 Å². The van der Waals surface area contributed by atoms with Crippen LogP contribution in [-0.2, 0) is 28.7 Å². The van der Waals surface area contributed by atoms with Crippen LogP contribution in [0.15, 0.2) is 6.20 Å². The number of rotatable bonds is 4. The molecule has 2 atom stereocenters. The second-order valence-electron chi connectivity index (χ2n) is 7.06. The van der Waals surface area contributed by atoms with Gasteiger partial charge in [0.1, 0.15) is 5.82 Å². The molecule has 0 radical (unpaired) electrons. The molecule has 0 N–H and O–H groups in total. The number of halogens is 3. The number of ether oxygens (including phenoxy) is 1. The zero-order chi connectivity index (χ0) is 18.0. The van der Waals surface area contributed by atoms with Crippen molar-refractivity contribution in [2.24, 2.45) is 5.92 Å². The molecule has 1 saturated heterocycles. The Morgan fingerprint density at radius 1 is 1.40 bits per heavy atom. The normalized spacial score (nSPS) is 24.0. The molecule has 1 aromatic rings. The summed E-state index contributed by atoms with van der Waals surface area (Å²) in [4.78, 5) is 17.7. The molecule has 1 amide bonds. The van der Waals surface area contributed by atoms with Crippen molar-refractivity contribution in [3.05, 3.63) is 17.7 Å². The van der Waals surface area contributed by atoms with Gasteiger partial charge in [0, 0.05) is 39.4 Å². The number of carbonyl (C=O) groups is 1. The molecule has 2 aliphatic rings. The predicted molar refractivity (Wildman–Crippen MR) is 84.9 cm³/mol. The fourth-order valence-electron chi connectivity index (χ4n) is 3.61. The molecule has 0 aliphatic carbocycles. The fraction of sp³-hybridized carbons (Fsp3) is 0.765. The highest BCUT2D eigenvalue weighted by molar-refractivity contribution is 5.76. The first-order valence-electron chi connectivity index (χ1n) is 8.81. The minimum atomic E-state index is -4.41. The molecule has 140 valence electrons. The van der Waals surface area contributed by atoms with E-state index in [2.05, 4.69) is 4.98 Å². The lowest BCUT2D eigenvalue weighted by Crippen LogP contribution is -2.37. The number of fused-ring (bicyclic) bond motifs is 1. The van der Waals surface area contributed by atoms with Crippen molar-refractivity contribution in [2.45, 2.75) is 57.3 Å². The van der Waals surface area contributed by atoms with Gasteiger partial charge in [-0.2, -0.15) is 13.2 Å². The van der Waals surface area contributed by atoms with Crippen molar-refractivity contribution in [3.8, 4) is 0 Å². The number of nitrogens with zero attached hydrogens (tertiary/aromatic N) is 3. The van der Waals surface area contributed by atoms with Crippen LogP contribution in [0.25, 0.3) is 0 Å². The summed E-state index contributed by atoms with van der Waals surface area (Å²) in [6.07, 6.45) is 1.38. The number of hydrogen-bond acceptors (Lipinski definition) is 3. The van der Waals surface area contributed by atoms with E-state index in [9.17, 15) is 18.0 Å². The van der Waals surface area contributed by atoms with Gasteiger partial charge in [-0.1, -0.05) is 0 Å². The third kappa shape index (κ3) is 4.54. The SMILES string of the molecule is CN(C[C@H]1CCc2nc(C(F)(F)F)cn2C1)C(=O)C[C@@H]1CCCCO1. The van der Waals surface area contributed by atoms with Crippen LogP contribution in [0.1, 0.15) is 43.6 Å². The summed E-state index contributed by atoms with van der Waals surface area (Å²) in [5.41, 5.74) is -0.831. The fourth-order valence-corrected chi connectivity index (χ4v) is 3.61. The molecule has 0 bridgehead atoms. The molecule has 3 rings (SSSR count). The second kappa shape index (κ2) is 7.35. The quantitative estimate of drug-likeness (QED) is 0.831. The Kier molecular flexibility index (Phi) is 5.36. The van der Waals surface area contributed by atoms with Gasteiger partial charge in [0.15, 0.2) is 5.69 Å². The third-order valence-electron chi connectivity index (χ3n) is 5.01. The molecule has 8 heteroatoms. The van der Waals surface area contributed by atoms with Gasteiger partial charge in [0.25, 0.3) is 0 Å². The van der Waals surface area contributed by atoms with Gasteiger partial charge in [-0.3, -0.25) is 4.79 Å². The van der Waals surface area contributed by atoms with Crippen molar-refractivity contribution in [1.29, 1.82) is 0 Å². The van der Waals surface area contributed by atoms with Crippen LogP contribution in [0.2, 0.25) is 0 Å². The summed E-state index contributed by atoms with van der Waals surface area (Å²) in [5, 5.41) is 0. The van der Waals surface area contributed by atoms with Crippen molar-refractivity contribution >= 4 is 5.91 Å². The van der Waals surface area contributed by atoms with Gasteiger partial charge in [0.05, 0.1) is 12.5 Å². The zero-order valence-corrected chi connectivity index (χ0v) is 14.4. The van der Waals surface area contributed by atoms with E-state index in [-0.39, 0.29) is 17.9 Å². The topological polar surface area (TPSA) is 47.4 Å². The Bertz CT molecular complexity index is 609. The maximum atomic E-state index is 12.8. The lowest BCUT2D eigenvalue weighted by Gasteiger charge is -2.29. The van der Waals surface area contributed by atoms with E-state index in [0.717, 1.165) is 38.5 Å². The molecule has 2 aliphatic heterocycles. The maximum absolute atomic E-state index is 12.8. The Labute approximate surface area is 145 Å². The van der Waals surface area contributed by atoms with E-state index in [1.54, 1.807) is 16.5 Å². The highest BCUT2D eigenvalue weighted by Gasteiger charge is 2.36. The standard InChI is InChI=1S/C17H24F3N3O2/c1-22(16(24)8-13-4-2-3-7-25-13)9-12-5-6-15-21-14(17(18,19)20)11-23(15)10-12/h11-13H,2-10H2,1H3/t12-,13+/m1/s1. The molecule has 0 saturated carbocycles.